The Morgan fingerprint density at radius 3 is 2.88 bits per heavy atom. The van der Waals surface area contributed by atoms with Crippen LogP contribution in [0.4, 0.5) is 4.79 Å². The molecule has 1 aromatic rings. The molecule has 3 N–H and O–H groups in total. The monoisotopic (exact) mass is 236 g/mol. The zero-order chi connectivity index (χ0) is 12.5. The highest BCUT2D eigenvalue weighted by molar-refractivity contribution is 5.63. The summed E-state index contributed by atoms with van der Waals surface area (Å²) >= 11 is 0. The number of para-hydroxylation sites is 1. The van der Waals surface area contributed by atoms with Crippen molar-refractivity contribution in [3.05, 3.63) is 29.8 Å². The average Bonchev–Trinajstić information content (AvgIpc) is 2.24. The smallest absolute Gasteiger partial charge is 0.419 e. The Hall–Kier alpha value is -1.75. The molecule has 1 aliphatic heterocycles. The molecule has 0 aliphatic carbocycles. The van der Waals surface area contributed by atoms with Crippen molar-refractivity contribution in [1.82, 2.24) is 10.9 Å². The predicted octanol–water partition coefficient (Wildman–Crippen LogP) is 2.06. The molecule has 1 aromatic carbocycles. The Bertz CT molecular complexity index is 432. The SMILES string of the molecule is CC1(C)CC(NNC(=O)O)c2ccccc2O1. The number of carbonyl (C=O) groups is 1. The number of rotatable bonds is 2. The van der Waals surface area contributed by atoms with Gasteiger partial charge in [-0.3, -0.25) is 5.43 Å². The van der Waals surface area contributed by atoms with Crippen LogP contribution in [-0.4, -0.2) is 16.8 Å². The maximum atomic E-state index is 10.5. The molecule has 0 radical (unpaired) electrons. The van der Waals surface area contributed by atoms with Gasteiger partial charge in [-0.15, -0.1) is 0 Å². The van der Waals surface area contributed by atoms with Crippen molar-refractivity contribution >= 4 is 6.09 Å². The summed E-state index contributed by atoms with van der Waals surface area (Å²) in [6.45, 7) is 3.97. The van der Waals surface area contributed by atoms with Crippen molar-refractivity contribution in [3.8, 4) is 5.75 Å². The van der Waals surface area contributed by atoms with E-state index in [0.29, 0.717) is 6.42 Å². The fourth-order valence-electron chi connectivity index (χ4n) is 2.08. The largest absolute Gasteiger partial charge is 0.487 e. The van der Waals surface area contributed by atoms with Gasteiger partial charge >= 0.3 is 6.09 Å². The molecule has 1 heterocycles. The van der Waals surface area contributed by atoms with E-state index in [4.69, 9.17) is 9.84 Å². The topological polar surface area (TPSA) is 70.6 Å². The molecule has 0 spiro atoms. The normalized spacial score (nSPS) is 21.2. The number of hydrogen-bond acceptors (Lipinski definition) is 3. The first-order chi connectivity index (χ1) is 7.98. The minimum Gasteiger partial charge on any atom is -0.487 e. The van der Waals surface area contributed by atoms with Gasteiger partial charge in [0.25, 0.3) is 0 Å². The second kappa shape index (κ2) is 4.25. The van der Waals surface area contributed by atoms with Gasteiger partial charge in [-0.25, -0.2) is 10.2 Å². The van der Waals surface area contributed by atoms with E-state index in [0.717, 1.165) is 11.3 Å². The van der Waals surface area contributed by atoms with E-state index >= 15 is 0 Å². The summed E-state index contributed by atoms with van der Waals surface area (Å²) in [5, 5.41) is 8.62. The molecule has 1 amide bonds. The molecular formula is C12H16N2O3. The van der Waals surface area contributed by atoms with Crippen molar-refractivity contribution in [2.24, 2.45) is 0 Å². The van der Waals surface area contributed by atoms with Crippen LogP contribution < -0.4 is 15.6 Å². The highest BCUT2D eigenvalue weighted by atomic mass is 16.5. The van der Waals surface area contributed by atoms with E-state index in [1.54, 1.807) is 0 Å². The lowest BCUT2D eigenvalue weighted by Gasteiger charge is -2.37. The Morgan fingerprint density at radius 2 is 2.18 bits per heavy atom. The average molecular weight is 236 g/mol. The molecule has 5 nitrogen and oxygen atoms in total. The first-order valence-corrected chi connectivity index (χ1v) is 5.50. The van der Waals surface area contributed by atoms with Crippen molar-refractivity contribution in [2.45, 2.75) is 31.9 Å². The summed E-state index contributed by atoms with van der Waals surface area (Å²) in [7, 11) is 0. The molecular weight excluding hydrogens is 220 g/mol. The van der Waals surface area contributed by atoms with E-state index in [-0.39, 0.29) is 11.6 Å². The third-order valence-corrected chi connectivity index (χ3v) is 2.73. The first kappa shape index (κ1) is 11.7. The number of ether oxygens (including phenoxy) is 1. The molecule has 0 saturated heterocycles. The predicted molar refractivity (Wildman–Crippen MR) is 62.8 cm³/mol. The lowest BCUT2D eigenvalue weighted by molar-refractivity contribution is 0.0627. The second-order valence-corrected chi connectivity index (χ2v) is 4.73. The number of hydrogen-bond donors (Lipinski definition) is 3. The van der Waals surface area contributed by atoms with Gasteiger partial charge < -0.3 is 9.84 Å². The third-order valence-electron chi connectivity index (χ3n) is 2.73. The van der Waals surface area contributed by atoms with E-state index < -0.39 is 6.09 Å². The van der Waals surface area contributed by atoms with Gasteiger partial charge in [-0.2, -0.15) is 0 Å². The van der Waals surface area contributed by atoms with Crippen molar-refractivity contribution < 1.29 is 14.6 Å². The van der Waals surface area contributed by atoms with Gasteiger partial charge in [0.1, 0.15) is 11.4 Å². The van der Waals surface area contributed by atoms with Crippen LogP contribution in [0.15, 0.2) is 24.3 Å². The Morgan fingerprint density at radius 1 is 1.47 bits per heavy atom. The lowest BCUT2D eigenvalue weighted by atomic mass is 9.90. The molecule has 1 unspecified atom stereocenters. The third kappa shape index (κ3) is 2.68. The molecule has 1 aliphatic rings. The molecule has 0 bridgehead atoms. The van der Waals surface area contributed by atoms with Crippen LogP contribution in [0.5, 0.6) is 5.75 Å². The summed E-state index contributed by atoms with van der Waals surface area (Å²) in [6.07, 6.45) is -0.392. The molecule has 0 fully saturated rings. The summed E-state index contributed by atoms with van der Waals surface area (Å²) in [6, 6.07) is 7.57. The van der Waals surface area contributed by atoms with E-state index in [1.165, 1.54) is 0 Å². The summed E-state index contributed by atoms with van der Waals surface area (Å²) < 4.78 is 5.84. The molecule has 92 valence electrons. The Kier molecular flexibility index (Phi) is 2.93. The molecule has 0 aromatic heterocycles. The van der Waals surface area contributed by atoms with Crippen LogP contribution in [0.1, 0.15) is 31.9 Å². The number of nitrogens with one attached hydrogen (secondary N) is 2. The van der Waals surface area contributed by atoms with Gasteiger partial charge in [0, 0.05) is 12.0 Å². The van der Waals surface area contributed by atoms with Crippen molar-refractivity contribution in [1.29, 1.82) is 0 Å². The summed E-state index contributed by atoms with van der Waals surface area (Å²) in [4.78, 5) is 10.5. The van der Waals surface area contributed by atoms with Gasteiger partial charge in [-0.05, 0) is 19.9 Å². The summed E-state index contributed by atoms with van der Waals surface area (Å²) in [5.74, 6) is 0.799. The molecule has 5 heteroatoms. The standard InChI is InChI=1S/C12H16N2O3/c1-12(2)7-9(13-14-11(15)16)8-5-3-4-6-10(8)17-12/h3-6,9,13-14H,7H2,1-2H3,(H,15,16). The van der Waals surface area contributed by atoms with Crippen LogP contribution in [-0.2, 0) is 0 Å². The van der Waals surface area contributed by atoms with Crippen LogP contribution in [0, 0.1) is 0 Å². The van der Waals surface area contributed by atoms with Crippen LogP contribution in [0.2, 0.25) is 0 Å². The maximum Gasteiger partial charge on any atom is 0.419 e. The Labute approximate surface area is 99.8 Å². The van der Waals surface area contributed by atoms with Crippen molar-refractivity contribution in [3.63, 3.8) is 0 Å². The maximum absolute atomic E-state index is 10.5. The first-order valence-electron chi connectivity index (χ1n) is 5.50. The number of hydrazine groups is 1. The lowest BCUT2D eigenvalue weighted by Crippen LogP contribution is -2.45. The summed E-state index contributed by atoms with van der Waals surface area (Å²) in [5.41, 5.74) is 5.67. The van der Waals surface area contributed by atoms with E-state index in [9.17, 15) is 4.79 Å². The second-order valence-electron chi connectivity index (χ2n) is 4.73. The van der Waals surface area contributed by atoms with E-state index in [2.05, 4.69) is 10.9 Å². The minimum absolute atomic E-state index is 0.0777. The number of benzene rings is 1. The highest BCUT2D eigenvalue weighted by Gasteiger charge is 2.33. The van der Waals surface area contributed by atoms with Gasteiger partial charge in [0.05, 0.1) is 6.04 Å². The van der Waals surface area contributed by atoms with E-state index in [1.807, 2.05) is 38.1 Å². The minimum atomic E-state index is -1.09. The van der Waals surface area contributed by atoms with Crippen LogP contribution in [0.25, 0.3) is 0 Å². The molecule has 2 rings (SSSR count). The zero-order valence-electron chi connectivity index (χ0n) is 9.86. The fraction of sp³-hybridized carbons (Fsp3) is 0.417. The van der Waals surface area contributed by atoms with Gasteiger partial charge in [0.15, 0.2) is 0 Å². The number of fused-ring (bicyclic) bond motifs is 1. The van der Waals surface area contributed by atoms with Gasteiger partial charge in [0.2, 0.25) is 0 Å². The fourth-order valence-corrected chi connectivity index (χ4v) is 2.08. The number of carboxylic acid groups (broad SMARTS) is 1. The van der Waals surface area contributed by atoms with Crippen molar-refractivity contribution in [2.75, 3.05) is 0 Å². The molecule has 0 saturated carbocycles. The zero-order valence-corrected chi connectivity index (χ0v) is 9.86. The molecule has 17 heavy (non-hydrogen) atoms. The quantitative estimate of drug-likeness (QED) is 0.687. The van der Waals surface area contributed by atoms with Crippen LogP contribution in [0.3, 0.4) is 0 Å². The highest BCUT2D eigenvalue weighted by Crippen LogP contribution is 2.38. The number of amides is 1. The Balaban J connectivity index is 2.23. The molecule has 1 atom stereocenters. The van der Waals surface area contributed by atoms with Crippen LogP contribution >= 0.6 is 0 Å². The van der Waals surface area contributed by atoms with Gasteiger partial charge in [-0.1, -0.05) is 18.2 Å².